The molecule has 0 aromatic heterocycles. The fraction of sp³-hybridized carbons (Fsp3) is 0.634. The number of aliphatic hydroxyl groups is 4. The molecule has 20 atom stereocenters. The van der Waals surface area contributed by atoms with E-state index in [0.717, 1.165) is 18.7 Å². The van der Waals surface area contributed by atoms with Gasteiger partial charge in [-0.2, -0.15) is 25.3 Å². The molecule has 16 amide bonds. The molecule has 1 aliphatic rings. The number of aliphatic hydroxyl groups excluding tert-OH is 4. The first-order valence-corrected chi connectivity index (χ1v) is 44.2. The van der Waals surface area contributed by atoms with E-state index in [-0.39, 0.29) is 125 Å². The second-order valence-corrected chi connectivity index (χ2v) is 34.9. The Morgan fingerprint density at radius 1 is 0.500 bits per heavy atom. The number of aliphatic carboxylic acids is 1. The third-order valence-corrected chi connectivity index (χ3v) is 21.8. The first-order valence-electron chi connectivity index (χ1n) is 43.2. The Hall–Kier alpha value is -11.4. The number of rotatable bonds is 58. The van der Waals surface area contributed by atoms with Crippen molar-refractivity contribution in [3.63, 3.8) is 0 Å². The Kier molecular flexibility index (Phi) is 49.1. The normalized spacial score (nSPS) is 17.2. The summed E-state index contributed by atoms with van der Waals surface area (Å²) in [7, 11) is 0. The third kappa shape index (κ3) is 38.5. The van der Waals surface area contributed by atoms with Gasteiger partial charge in [0.25, 0.3) is 0 Å². The molecule has 1 fully saturated rings. The lowest BCUT2D eigenvalue weighted by Crippen LogP contribution is -2.64. The molecule has 48 nitrogen and oxygen atoms in total. The number of benzene rings is 2. The van der Waals surface area contributed by atoms with Crippen LogP contribution in [0, 0.1) is 17.2 Å². The molecule has 0 radical (unpaired) electrons. The van der Waals surface area contributed by atoms with E-state index in [4.69, 9.17) is 39.8 Å². The lowest BCUT2D eigenvalue weighted by molar-refractivity contribution is -0.142. The number of carbonyl (C=O) groups is 17. The van der Waals surface area contributed by atoms with Crippen LogP contribution in [0.5, 0.6) is 11.5 Å². The average Bonchev–Trinajstić information content (AvgIpc) is 1.67. The Labute approximate surface area is 775 Å². The van der Waals surface area contributed by atoms with E-state index in [1.54, 1.807) is 41.5 Å². The first kappa shape index (κ1) is 115. The highest BCUT2D eigenvalue weighted by atomic mass is 32.1. The second-order valence-electron chi connectivity index (χ2n) is 33.4. The summed E-state index contributed by atoms with van der Waals surface area (Å²) in [6.07, 6.45) is -8.17. The molecule has 1 aliphatic heterocycles. The number of nitrogens with two attached hydrogens (primary N) is 6. The van der Waals surface area contributed by atoms with Gasteiger partial charge in [0.15, 0.2) is 5.96 Å². The number of carboxylic acids is 1. The fourth-order valence-corrected chi connectivity index (χ4v) is 13.8. The Balaban J connectivity index is 1.92. The summed E-state index contributed by atoms with van der Waals surface area (Å²) in [5.74, 6) is -21.1. The molecule has 0 spiro atoms. The number of amides is 16. The number of phenols is 2. The number of carboxylic acid groups (broad SMARTS) is 1. The molecule has 1 saturated heterocycles. The van der Waals surface area contributed by atoms with E-state index < -0.39 is 258 Å². The smallest absolute Gasteiger partial charge is 0.326 e. The summed E-state index contributed by atoms with van der Waals surface area (Å²) in [6, 6.07) is -15.8. The van der Waals surface area contributed by atoms with Crippen LogP contribution in [0.1, 0.15) is 138 Å². The molecule has 132 heavy (non-hydrogen) atoms. The van der Waals surface area contributed by atoms with Gasteiger partial charge in [-0.15, -0.1) is 0 Å². The number of hydrogen-bond donors (Lipinski definition) is 32. The molecule has 3 rings (SSSR count). The van der Waals surface area contributed by atoms with E-state index in [2.05, 4.69) is 110 Å². The molecule has 0 bridgehead atoms. The third-order valence-electron chi connectivity index (χ3n) is 21.2. The van der Waals surface area contributed by atoms with Gasteiger partial charge < -0.3 is 160 Å². The topological polar surface area (TPSA) is 807 Å². The Morgan fingerprint density at radius 2 is 0.879 bits per heavy atom. The number of carbonyl (C=O) groups excluding carboxylic acids is 16. The van der Waals surface area contributed by atoms with Crippen LogP contribution in [-0.4, -0.2) is 324 Å². The van der Waals surface area contributed by atoms with E-state index in [0.29, 0.717) is 5.56 Å². The summed E-state index contributed by atoms with van der Waals surface area (Å²) < 4.78 is -1.49. The summed E-state index contributed by atoms with van der Waals surface area (Å²) in [5, 5.41) is 120. The molecule has 50 heteroatoms. The fourth-order valence-electron chi connectivity index (χ4n) is 13.4. The number of primary amides is 1. The summed E-state index contributed by atoms with van der Waals surface area (Å²) in [6.45, 7) is 12.9. The number of hydrogen-bond acceptors (Lipinski definition) is 31. The Morgan fingerprint density at radius 3 is 1.29 bits per heavy atom. The van der Waals surface area contributed by atoms with E-state index in [9.17, 15) is 117 Å². The monoisotopic (exact) mass is 1900 g/mol. The van der Waals surface area contributed by atoms with Crippen molar-refractivity contribution in [2.24, 2.45) is 46.2 Å². The van der Waals surface area contributed by atoms with Crippen LogP contribution < -0.4 is 119 Å². The van der Waals surface area contributed by atoms with Gasteiger partial charge in [-0.1, -0.05) is 72.2 Å². The van der Waals surface area contributed by atoms with Crippen molar-refractivity contribution in [1.82, 2.24) is 90.0 Å². The predicted molar refractivity (Wildman–Crippen MR) is 486 cm³/mol. The zero-order valence-electron chi connectivity index (χ0n) is 75.6. The SMILES string of the molecule is CC[C@H](C)[C@H](NC(=O)[C@@H]1C[C@@H](O)CN1C(=O)[C@@H](N)C(C)C)C(=O)N[C@H](C(=O)N[C@@H](Cc1ccc(O)cc1)C(=O)N[C@H](C(=O)N[C@@H](CC(N)=O)C(=O)N[C@@H](CCCNC(=N)N)C(=O)N[C@@H](CCN)C(=O)N[C@H](C(=O)N[C@H](CCNC(C)C)C(=O)N[C@@H](CO)C(=O)N[C@@H](CCN)C(=O)N[C@@H](CCN)C(=O)N[C@@H](CS)C(=O)N[C@@H](Cc1ccc(O)cc1)C(=O)O)[C@@H](C)O)[C@@H](C)O)C(C)(C)S. The maximum atomic E-state index is 14.7. The largest absolute Gasteiger partial charge is 0.508 e. The van der Waals surface area contributed by atoms with Crippen LogP contribution in [0.15, 0.2) is 48.5 Å². The zero-order valence-corrected chi connectivity index (χ0v) is 77.4. The van der Waals surface area contributed by atoms with Crippen LogP contribution in [0.3, 0.4) is 0 Å². The first-order chi connectivity index (χ1) is 61.9. The van der Waals surface area contributed by atoms with Gasteiger partial charge >= 0.3 is 5.97 Å². The number of aromatic hydroxyl groups is 2. The standard InChI is InChI=1S/C82H136N24O24S2/c1-11-40(6)61(102-74(123)58-33-47(112)35-106(58)79(128)60(87)38(2)3)75(124)105-64(82(9,10)132)78(127)98-53(31-43-14-18-45(110)19-15-43)71(120)104-63(42(8)109)77(126)97-54(34-59(86)113)70(119)92-48(13-12-29-91-81(88)89)65(114)94-51(24-28-85)69(118)103-62(41(7)108)76(125)96-52(25-30-90-39(4)5)68(117)100-56(36-107)72(121)95-49(22-26-83)66(115)93-50(23-27-84)67(116)101-57(37-131)73(122)99-55(80(129)130)32-44-16-20-46(111)21-17-44/h14-21,38-42,47-58,60-64,90,107-112,131-132H,11-13,22-37,83-85,87H2,1-10H3,(H2,86,113)(H,92,119)(H,93,115)(H,94,114)(H,95,121)(H,96,125)(H,97,126)(H,98,127)(H,99,122)(H,100,117)(H,101,116)(H,102,123)(H,103,118)(H,104,120)(H,105,124)(H,129,130)(H4,88,89,91)/t40-,41+,42+,47+,48-,49-,50-,51-,52+,53-,54-,55-,56-,57-,58-,60-,61-,62-,63-,64+/m0/s1. The molecule has 36 N–H and O–H groups in total. The summed E-state index contributed by atoms with van der Waals surface area (Å²) >= 11 is 8.77. The molecule has 0 unspecified atom stereocenters. The molecular weight excluding hydrogens is 1770 g/mol. The van der Waals surface area contributed by atoms with Gasteiger partial charge in [0.2, 0.25) is 94.5 Å². The van der Waals surface area contributed by atoms with Crippen molar-refractivity contribution in [2.45, 2.75) is 266 Å². The minimum absolute atomic E-state index is 0.0264. The van der Waals surface area contributed by atoms with Gasteiger partial charge in [-0.3, -0.25) is 82.1 Å². The highest BCUT2D eigenvalue weighted by Crippen LogP contribution is 2.25. The minimum atomic E-state index is -2.08. The number of likely N-dealkylation sites (tertiary alicyclic amines) is 1. The highest BCUT2D eigenvalue weighted by Gasteiger charge is 2.46. The number of nitrogens with zero attached hydrogens (tertiary/aromatic N) is 1. The number of phenolic OH excluding ortho intramolecular Hbond substituents is 2. The van der Waals surface area contributed by atoms with Crippen LogP contribution in [0.4, 0.5) is 0 Å². The van der Waals surface area contributed by atoms with Gasteiger partial charge in [-0.25, -0.2) is 4.79 Å². The number of nitrogens with one attached hydrogen (secondary N) is 17. The van der Waals surface area contributed by atoms with Crippen molar-refractivity contribution >= 4 is 132 Å². The van der Waals surface area contributed by atoms with Crippen LogP contribution >= 0.6 is 25.3 Å². The Bertz CT molecular complexity index is 4230. The highest BCUT2D eigenvalue weighted by molar-refractivity contribution is 7.81. The van der Waals surface area contributed by atoms with Crippen LogP contribution in [-0.2, 0) is 94.3 Å². The number of guanidine groups is 1. The molecule has 0 aliphatic carbocycles. The quantitative estimate of drug-likeness (QED) is 0.0127. The van der Waals surface area contributed by atoms with E-state index in [1.807, 2.05) is 0 Å². The molecule has 0 saturated carbocycles. The molecule has 1 heterocycles. The van der Waals surface area contributed by atoms with Crippen LogP contribution in [0.25, 0.3) is 0 Å². The van der Waals surface area contributed by atoms with Gasteiger partial charge in [-0.05, 0) is 140 Å². The van der Waals surface area contributed by atoms with Crippen molar-refractivity contribution < 1.29 is 117 Å². The molecular formula is C82H136N24O24S2. The maximum Gasteiger partial charge on any atom is 0.326 e. The number of β-amino-alcohol motifs (C(OH)–C–C–N with tert-alkyl or cyclic N) is 1. The summed E-state index contributed by atoms with van der Waals surface area (Å²) in [5.41, 5.74) is 35.5. The van der Waals surface area contributed by atoms with Crippen molar-refractivity contribution in [1.29, 1.82) is 5.41 Å². The molecule has 2 aromatic rings. The zero-order chi connectivity index (χ0) is 99.9. The lowest BCUT2D eigenvalue weighted by atomic mass is 9.95. The maximum absolute atomic E-state index is 14.7. The van der Waals surface area contributed by atoms with E-state index in [1.165, 1.54) is 62.4 Å². The van der Waals surface area contributed by atoms with E-state index >= 15 is 0 Å². The van der Waals surface area contributed by atoms with Crippen molar-refractivity contribution in [3.8, 4) is 11.5 Å². The molecule has 740 valence electrons. The van der Waals surface area contributed by atoms with Gasteiger partial charge in [0.05, 0.1) is 37.4 Å². The average molecular weight is 1910 g/mol. The van der Waals surface area contributed by atoms with Crippen molar-refractivity contribution in [2.75, 3.05) is 51.6 Å². The van der Waals surface area contributed by atoms with Crippen molar-refractivity contribution in [3.05, 3.63) is 59.7 Å². The van der Waals surface area contributed by atoms with Gasteiger partial charge in [0, 0.05) is 48.9 Å². The minimum Gasteiger partial charge on any atom is -0.508 e. The van der Waals surface area contributed by atoms with Gasteiger partial charge in [0.1, 0.15) is 102 Å². The second kappa shape index (κ2) is 56.5. The summed E-state index contributed by atoms with van der Waals surface area (Å²) in [4.78, 5) is 239. The molecule has 2 aromatic carbocycles. The predicted octanol–water partition coefficient (Wildman–Crippen LogP) is -10.3. The number of thiol groups is 2. The lowest BCUT2D eigenvalue weighted by Gasteiger charge is -2.34. The van der Waals surface area contributed by atoms with Crippen LogP contribution in [0.2, 0.25) is 0 Å².